The van der Waals surface area contributed by atoms with Gasteiger partial charge in [0.15, 0.2) is 5.13 Å². The molecule has 1 aromatic carbocycles. The van der Waals surface area contributed by atoms with Crippen molar-refractivity contribution in [2.24, 2.45) is 0 Å². The Kier molecular flexibility index (Phi) is 5.19. The molecule has 0 fully saturated rings. The fourth-order valence-electron chi connectivity index (χ4n) is 2.46. The number of amides is 1. The quantitative estimate of drug-likeness (QED) is 0.632. The van der Waals surface area contributed by atoms with E-state index < -0.39 is 5.97 Å². The number of nitrogens with one attached hydrogen (secondary N) is 1. The van der Waals surface area contributed by atoms with E-state index in [1.807, 2.05) is 35.0 Å². The van der Waals surface area contributed by atoms with E-state index in [-0.39, 0.29) is 12.5 Å². The van der Waals surface area contributed by atoms with E-state index in [0.717, 1.165) is 26.7 Å². The summed E-state index contributed by atoms with van der Waals surface area (Å²) in [6, 6.07) is 7.85. The lowest BCUT2D eigenvalue weighted by molar-refractivity contribution is -0.116. The molecule has 0 spiro atoms. The van der Waals surface area contributed by atoms with Gasteiger partial charge in [0.05, 0.1) is 12.3 Å². The summed E-state index contributed by atoms with van der Waals surface area (Å²) in [6.45, 7) is 3.93. The molecule has 3 aromatic rings. The molecule has 0 radical (unpaired) electrons. The number of anilines is 1. The Labute approximate surface area is 156 Å². The van der Waals surface area contributed by atoms with Crippen LogP contribution in [0.25, 0.3) is 10.9 Å². The molecule has 8 heteroatoms. The first-order valence-electron chi connectivity index (χ1n) is 7.66. The van der Waals surface area contributed by atoms with Crippen LogP contribution in [-0.2, 0) is 16.1 Å². The molecule has 0 saturated carbocycles. The second-order valence-electron chi connectivity index (χ2n) is 5.35. The molecule has 0 saturated heterocycles. The molecule has 0 bridgehead atoms. The highest BCUT2D eigenvalue weighted by Gasteiger charge is 2.17. The highest BCUT2D eigenvalue weighted by molar-refractivity contribution is 9.10. The number of halogens is 1. The summed E-state index contributed by atoms with van der Waals surface area (Å²) in [6.07, 6.45) is 1.87. The van der Waals surface area contributed by atoms with Gasteiger partial charge in [0.1, 0.15) is 11.4 Å². The lowest BCUT2D eigenvalue weighted by atomic mass is 10.2. The zero-order valence-electron chi connectivity index (χ0n) is 13.7. The molecule has 130 valence electrons. The number of ether oxygens (including phenoxy) is 1. The van der Waals surface area contributed by atoms with Crippen LogP contribution >= 0.6 is 27.3 Å². The van der Waals surface area contributed by atoms with Gasteiger partial charge in [-0.25, -0.2) is 9.78 Å². The van der Waals surface area contributed by atoms with Gasteiger partial charge >= 0.3 is 5.97 Å². The number of thiazole rings is 1. The fraction of sp³-hybridized carbons (Fsp3) is 0.235. The minimum atomic E-state index is -0.417. The van der Waals surface area contributed by atoms with Crippen LogP contribution < -0.4 is 5.32 Å². The summed E-state index contributed by atoms with van der Waals surface area (Å²) in [5, 5.41) is 4.19. The first kappa shape index (κ1) is 17.6. The third kappa shape index (κ3) is 3.91. The maximum Gasteiger partial charge on any atom is 0.350 e. The van der Waals surface area contributed by atoms with Crippen molar-refractivity contribution in [1.82, 2.24) is 9.55 Å². The van der Waals surface area contributed by atoms with Gasteiger partial charge in [-0.1, -0.05) is 27.3 Å². The second-order valence-corrected chi connectivity index (χ2v) is 7.26. The van der Waals surface area contributed by atoms with Crippen molar-refractivity contribution in [3.63, 3.8) is 0 Å². The summed E-state index contributed by atoms with van der Waals surface area (Å²) in [4.78, 5) is 28.8. The predicted molar refractivity (Wildman–Crippen MR) is 101 cm³/mol. The zero-order chi connectivity index (χ0) is 18.0. The first-order valence-corrected chi connectivity index (χ1v) is 9.27. The average Bonchev–Trinajstić information content (AvgIpc) is 3.11. The Morgan fingerprint density at radius 3 is 2.92 bits per heavy atom. The van der Waals surface area contributed by atoms with Crippen LogP contribution in [0.4, 0.5) is 5.13 Å². The van der Waals surface area contributed by atoms with Gasteiger partial charge in [0, 0.05) is 21.6 Å². The van der Waals surface area contributed by atoms with Gasteiger partial charge in [-0.15, -0.1) is 0 Å². The molecular weight excluding hydrogens is 406 g/mol. The number of esters is 1. The Bertz CT molecular complexity index is 948. The number of rotatable bonds is 5. The number of aromatic nitrogens is 2. The molecule has 0 aliphatic carbocycles. The van der Waals surface area contributed by atoms with Gasteiger partial charge in [-0.2, -0.15) is 0 Å². The third-order valence-electron chi connectivity index (χ3n) is 3.55. The highest BCUT2D eigenvalue weighted by Crippen LogP contribution is 2.24. The topological polar surface area (TPSA) is 73.2 Å². The molecule has 0 unspecified atom stereocenters. The second kappa shape index (κ2) is 7.37. The molecule has 1 N–H and O–H groups in total. The largest absolute Gasteiger partial charge is 0.462 e. The van der Waals surface area contributed by atoms with E-state index in [9.17, 15) is 9.59 Å². The van der Waals surface area contributed by atoms with Crippen LogP contribution in [0, 0.1) is 6.92 Å². The van der Waals surface area contributed by atoms with E-state index >= 15 is 0 Å². The predicted octanol–water partition coefficient (Wildman–Crippen LogP) is 3.98. The minimum absolute atomic E-state index is 0.165. The number of carbonyl (C=O) groups excluding carboxylic acids is 2. The zero-order valence-corrected chi connectivity index (χ0v) is 16.1. The van der Waals surface area contributed by atoms with Crippen molar-refractivity contribution in [2.75, 3.05) is 11.9 Å². The summed E-state index contributed by atoms with van der Waals surface area (Å²) < 4.78 is 7.84. The van der Waals surface area contributed by atoms with Gasteiger partial charge < -0.3 is 14.6 Å². The van der Waals surface area contributed by atoms with Crippen molar-refractivity contribution in [2.45, 2.75) is 20.4 Å². The van der Waals surface area contributed by atoms with Crippen LogP contribution in [-0.4, -0.2) is 28.0 Å². The molecule has 2 heterocycles. The van der Waals surface area contributed by atoms with Crippen LogP contribution in [0.1, 0.15) is 22.3 Å². The molecule has 0 aliphatic rings. The van der Waals surface area contributed by atoms with E-state index in [2.05, 4.69) is 26.2 Å². The lowest BCUT2D eigenvalue weighted by Gasteiger charge is -2.05. The van der Waals surface area contributed by atoms with Crippen molar-refractivity contribution in [1.29, 1.82) is 0 Å². The summed E-state index contributed by atoms with van der Waals surface area (Å²) in [5.41, 5.74) is 1.52. The summed E-state index contributed by atoms with van der Waals surface area (Å²) >= 11 is 4.56. The van der Waals surface area contributed by atoms with Gasteiger partial charge in [-0.3, -0.25) is 4.79 Å². The van der Waals surface area contributed by atoms with Crippen LogP contribution in [0.3, 0.4) is 0 Å². The molecule has 0 atom stereocenters. The number of hydrogen-bond donors (Lipinski definition) is 1. The SMILES string of the molecule is CCOC(=O)c1sc(NC(=O)Cn2ccc3cc(Br)ccc32)nc1C. The standard InChI is InChI=1S/C17H16BrN3O3S/c1-3-24-16(23)15-10(2)19-17(25-15)20-14(22)9-21-7-6-11-8-12(18)4-5-13(11)21/h4-8H,3,9H2,1-2H3,(H,19,20,22). The van der Waals surface area contributed by atoms with Crippen LogP contribution in [0.2, 0.25) is 0 Å². The molecule has 25 heavy (non-hydrogen) atoms. The van der Waals surface area contributed by atoms with Crippen LogP contribution in [0.15, 0.2) is 34.9 Å². The Balaban J connectivity index is 1.72. The number of hydrogen-bond acceptors (Lipinski definition) is 5. The van der Waals surface area contributed by atoms with Gasteiger partial charge in [-0.05, 0) is 38.1 Å². The molecule has 1 amide bonds. The summed E-state index contributed by atoms with van der Waals surface area (Å²) in [7, 11) is 0. The smallest absolute Gasteiger partial charge is 0.350 e. The van der Waals surface area contributed by atoms with Gasteiger partial charge in [0.2, 0.25) is 5.91 Å². The van der Waals surface area contributed by atoms with Crippen LogP contribution in [0.5, 0.6) is 0 Å². The molecule has 3 rings (SSSR count). The van der Waals surface area contributed by atoms with E-state index in [4.69, 9.17) is 4.74 Å². The number of aryl methyl sites for hydroxylation is 1. The fourth-order valence-corrected chi connectivity index (χ4v) is 3.71. The third-order valence-corrected chi connectivity index (χ3v) is 5.10. The Morgan fingerprint density at radius 1 is 1.36 bits per heavy atom. The van der Waals surface area contributed by atoms with Crippen molar-refractivity contribution in [3.05, 3.63) is 45.5 Å². The van der Waals surface area contributed by atoms with Gasteiger partial charge in [0.25, 0.3) is 0 Å². The molecular formula is C17H16BrN3O3S. The Hall–Kier alpha value is -2.19. The monoisotopic (exact) mass is 421 g/mol. The number of benzene rings is 1. The maximum absolute atomic E-state index is 12.3. The van der Waals surface area contributed by atoms with Crippen molar-refractivity contribution >= 4 is 55.2 Å². The van der Waals surface area contributed by atoms with E-state index in [1.54, 1.807) is 13.8 Å². The number of nitrogens with zero attached hydrogens (tertiary/aromatic N) is 2. The average molecular weight is 422 g/mol. The first-order chi connectivity index (χ1) is 12.0. The number of fused-ring (bicyclic) bond motifs is 1. The van der Waals surface area contributed by atoms with E-state index in [0.29, 0.717) is 22.3 Å². The maximum atomic E-state index is 12.3. The minimum Gasteiger partial charge on any atom is -0.462 e. The molecule has 2 aromatic heterocycles. The normalized spacial score (nSPS) is 10.8. The van der Waals surface area contributed by atoms with E-state index in [1.165, 1.54) is 0 Å². The highest BCUT2D eigenvalue weighted by atomic mass is 79.9. The van der Waals surface area contributed by atoms with Crippen molar-refractivity contribution < 1.29 is 14.3 Å². The lowest BCUT2D eigenvalue weighted by Crippen LogP contribution is -2.18. The Morgan fingerprint density at radius 2 is 2.16 bits per heavy atom. The van der Waals surface area contributed by atoms with Crippen molar-refractivity contribution in [3.8, 4) is 0 Å². The molecule has 6 nitrogen and oxygen atoms in total. The number of carbonyl (C=O) groups is 2. The summed E-state index contributed by atoms with van der Waals surface area (Å²) in [5.74, 6) is -0.621. The molecule has 0 aliphatic heterocycles.